The first-order valence-electron chi connectivity index (χ1n) is 9.04. The molecule has 0 radical (unpaired) electrons. The van der Waals surface area contributed by atoms with Crippen LogP contribution in [0.15, 0.2) is 16.6 Å². The van der Waals surface area contributed by atoms with Crippen molar-refractivity contribution in [3.8, 4) is 6.07 Å². The smallest absolute Gasteiger partial charge is 0.0625 e. The normalized spacial score (nSPS) is 26.3. The summed E-state index contributed by atoms with van der Waals surface area (Å²) in [5.74, 6) is 1.05. The Morgan fingerprint density at radius 3 is 3.00 bits per heavy atom. The molecule has 126 valence electrons. The molecule has 0 bridgehead atoms. The van der Waals surface area contributed by atoms with Crippen molar-refractivity contribution in [1.82, 2.24) is 9.88 Å². The molecular weight excluding hydrogens is 362 g/mol. The lowest BCUT2D eigenvalue weighted by atomic mass is 9.71. The molecule has 4 rings (SSSR count). The van der Waals surface area contributed by atoms with Crippen molar-refractivity contribution >= 4 is 26.8 Å². The molecule has 1 N–H and O–H groups in total. The van der Waals surface area contributed by atoms with Crippen LogP contribution in [0, 0.1) is 24.2 Å². The van der Waals surface area contributed by atoms with E-state index in [4.69, 9.17) is 0 Å². The third-order valence-corrected chi connectivity index (χ3v) is 6.39. The standard InChI is InChI=1S/C20H24BrN3/c1-3-6-24-11-13(4-5-22)7-16-17-8-14(21)9-18-20(17)15(10-19(16)24)12(2)23-18/h8-9,13,16,19,23H,3-4,6-7,10-11H2,1-2H3/t13-,16-,19-/m1/s1. The summed E-state index contributed by atoms with van der Waals surface area (Å²) >= 11 is 3.70. The molecule has 0 unspecified atom stereocenters. The average molecular weight is 386 g/mol. The van der Waals surface area contributed by atoms with Gasteiger partial charge < -0.3 is 4.98 Å². The number of aromatic nitrogens is 1. The number of hydrogen-bond acceptors (Lipinski definition) is 2. The van der Waals surface area contributed by atoms with Crippen LogP contribution in [-0.2, 0) is 6.42 Å². The zero-order chi connectivity index (χ0) is 16.8. The van der Waals surface area contributed by atoms with Gasteiger partial charge in [-0.05, 0) is 61.9 Å². The highest BCUT2D eigenvalue weighted by molar-refractivity contribution is 9.10. The van der Waals surface area contributed by atoms with Gasteiger partial charge in [0, 0.05) is 46.0 Å². The van der Waals surface area contributed by atoms with Crippen LogP contribution in [0.4, 0.5) is 0 Å². The predicted molar refractivity (Wildman–Crippen MR) is 101 cm³/mol. The van der Waals surface area contributed by atoms with Crippen molar-refractivity contribution in [3.05, 3.63) is 33.4 Å². The number of aromatic amines is 1. The Hall–Kier alpha value is -1.31. The summed E-state index contributed by atoms with van der Waals surface area (Å²) in [5, 5.41) is 10.7. The van der Waals surface area contributed by atoms with E-state index < -0.39 is 0 Å². The van der Waals surface area contributed by atoms with Crippen LogP contribution in [-0.4, -0.2) is 29.0 Å². The van der Waals surface area contributed by atoms with Crippen molar-refractivity contribution in [2.24, 2.45) is 5.92 Å². The fraction of sp³-hybridized carbons (Fsp3) is 0.550. The molecule has 2 aromatic rings. The van der Waals surface area contributed by atoms with Gasteiger partial charge in [-0.15, -0.1) is 0 Å². The van der Waals surface area contributed by atoms with E-state index in [2.05, 4.69) is 57.9 Å². The number of nitriles is 1. The summed E-state index contributed by atoms with van der Waals surface area (Å²) in [6, 6.07) is 7.53. The molecule has 1 aromatic carbocycles. The number of aryl methyl sites for hydroxylation is 1. The third kappa shape index (κ3) is 2.50. The number of nitrogens with one attached hydrogen (secondary N) is 1. The molecule has 3 nitrogen and oxygen atoms in total. The summed E-state index contributed by atoms with van der Waals surface area (Å²) in [4.78, 5) is 6.26. The minimum absolute atomic E-state index is 0.499. The van der Waals surface area contributed by atoms with Crippen molar-refractivity contribution in [2.75, 3.05) is 13.1 Å². The van der Waals surface area contributed by atoms with Crippen molar-refractivity contribution < 1.29 is 0 Å². The number of hydrogen-bond donors (Lipinski definition) is 1. The molecule has 1 fully saturated rings. The summed E-state index contributed by atoms with van der Waals surface area (Å²) in [5.41, 5.74) is 5.57. The molecule has 2 heterocycles. The number of halogens is 1. The van der Waals surface area contributed by atoms with Crippen molar-refractivity contribution in [1.29, 1.82) is 5.26 Å². The lowest BCUT2D eigenvalue weighted by Gasteiger charge is -2.47. The number of benzene rings is 1. The fourth-order valence-electron chi connectivity index (χ4n) is 5.02. The number of rotatable bonds is 3. The third-order valence-electron chi connectivity index (χ3n) is 5.93. The zero-order valence-corrected chi connectivity index (χ0v) is 16.0. The maximum atomic E-state index is 9.21. The molecule has 24 heavy (non-hydrogen) atoms. The van der Waals surface area contributed by atoms with E-state index in [1.165, 1.54) is 34.1 Å². The molecule has 1 aliphatic heterocycles. The molecule has 2 aliphatic rings. The van der Waals surface area contributed by atoms with Gasteiger partial charge in [0.25, 0.3) is 0 Å². The lowest BCUT2D eigenvalue weighted by Crippen LogP contribution is -2.50. The van der Waals surface area contributed by atoms with Gasteiger partial charge in [-0.2, -0.15) is 5.26 Å². The highest BCUT2D eigenvalue weighted by Gasteiger charge is 2.41. The van der Waals surface area contributed by atoms with Crippen molar-refractivity contribution in [2.45, 2.75) is 51.5 Å². The Kier molecular flexibility index (Phi) is 4.18. The molecule has 1 saturated heterocycles. The van der Waals surface area contributed by atoms with Crippen LogP contribution >= 0.6 is 15.9 Å². The molecule has 1 aliphatic carbocycles. The predicted octanol–water partition coefficient (Wildman–Crippen LogP) is 4.89. The second kappa shape index (κ2) is 6.20. The fourth-order valence-corrected chi connectivity index (χ4v) is 5.50. The van der Waals surface area contributed by atoms with Crippen LogP contribution < -0.4 is 0 Å². The summed E-state index contributed by atoms with van der Waals surface area (Å²) < 4.78 is 1.16. The number of nitrogens with zero attached hydrogens (tertiary/aromatic N) is 2. The Morgan fingerprint density at radius 1 is 1.42 bits per heavy atom. The average Bonchev–Trinajstić information content (AvgIpc) is 2.85. The van der Waals surface area contributed by atoms with Gasteiger partial charge >= 0.3 is 0 Å². The highest BCUT2D eigenvalue weighted by atomic mass is 79.9. The highest BCUT2D eigenvalue weighted by Crippen LogP contribution is 2.47. The number of H-pyrrole nitrogens is 1. The second-order valence-electron chi connectivity index (χ2n) is 7.48. The number of fused-ring (bicyclic) bond motifs is 2. The molecule has 0 saturated carbocycles. The maximum absolute atomic E-state index is 9.21. The lowest BCUT2D eigenvalue weighted by molar-refractivity contribution is 0.0860. The molecular formula is C20H24BrN3. The molecule has 0 amide bonds. The van der Waals surface area contributed by atoms with Gasteiger partial charge in [-0.25, -0.2) is 0 Å². The van der Waals surface area contributed by atoms with E-state index in [0.29, 0.717) is 24.3 Å². The van der Waals surface area contributed by atoms with E-state index >= 15 is 0 Å². The number of likely N-dealkylation sites (tertiary alicyclic amines) is 1. The first-order chi connectivity index (χ1) is 11.6. The van der Waals surface area contributed by atoms with Gasteiger partial charge in [0.15, 0.2) is 0 Å². The molecule has 1 aromatic heterocycles. The molecule has 3 atom stereocenters. The maximum Gasteiger partial charge on any atom is 0.0625 e. The first kappa shape index (κ1) is 16.2. The zero-order valence-electron chi connectivity index (χ0n) is 14.4. The SMILES string of the molecule is CCCN1C[C@H](CC#N)C[C@@H]2c3cc(Br)cc4[nH]c(C)c(c34)C[C@H]21. The molecule has 0 spiro atoms. The minimum atomic E-state index is 0.499. The summed E-state index contributed by atoms with van der Waals surface area (Å²) in [6.45, 7) is 6.69. The van der Waals surface area contributed by atoms with E-state index in [0.717, 1.165) is 30.4 Å². The largest absolute Gasteiger partial charge is 0.358 e. The minimum Gasteiger partial charge on any atom is -0.358 e. The van der Waals surface area contributed by atoms with Crippen molar-refractivity contribution in [3.63, 3.8) is 0 Å². The van der Waals surface area contributed by atoms with Crippen LogP contribution in [0.3, 0.4) is 0 Å². The van der Waals surface area contributed by atoms with Gasteiger partial charge in [0.05, 0.1) is 6.07 Å². The van der Waals surface area contributed by atoms with E-state index in [1.807, 2.05) is 0 Å². The Morgan fingerprint density at radius 2 is 2.25 bits per heavy atom. The molecule has 4 heteroatoms. The van der Waals surface area contributed by atoms with Crippen LogP contribution in [0.25, 0.3) is 10.9 Å². The number of piperidine rings is 1. The van der Waals surface area contributed by atoms with Gasteiger partial charge in [-0.1, -0.05) is 22.9 Å². The van der Waals surface area contributed by atoms with Crippen LogP contribution in [0.2, 0.25) is 0 Å². The van der Waals surface area contributed by atoms with Gasteiger partial charge in [-0.3, -0.25) is 4.90 Å². The van der Waals surface area contributed by atoms with Crippen LogP contribution in [0.5, 0.6) is 0 Å². The summed E-state index contributed by atoms with van der Waals surface area (Å²) in [7, 11) is 0. The summed E-state index contributed by atoms with van der Waals surface area (Å²) in [6.07, 6.45) is 4.15. The van der Waals surface area contributed by atoms with E-state index in [9.17, 15) is 5.26 Å². The Balaban J connectivity index is 1.84. The second-order valence-corrected chi connectivity index (χ2v) is 8.40. The monoisotopic (exact) mass is 385 g/mol. The Labute approximate surface area is 152 Å². The quantitative estimate of drug-likeness (QED) is 0.816. The van der Waals surface area contributed by atoms with Crippen LogP contribution in [0.1, 0.15) is 48.9 Å². The van der Waals surface area contributed by atoms with Gasteiger partial charge in [0.1, 0.15) is 0 Å². The first-order valence-corrected chi connectivity index (χ1v) is 9.83. The van der Waals surface area contributed by atoms with E-state index in [1.54, 1.807) is 0 Å². The Bertz CT molecular complexity index is 816. The topological polar surface area (TPSA) is 42.8 Å². The van der Waals surface area contributed by atoms with Gasteiger partial charge in [0.2, 0.25) is 0 Å². The van der Waals surface area contributed by atoms with E-state index in [-0.39, 0.29) is 0 Å².